The number of hydrogen-bond acceptors (Lipinski definition) is 7. The third-order valence-electron chi connectivity index (χ3n) is 8.76. The molecule has 1 N–H and O–H groups in total. The van der Waals surface area contributed by atoms with Crippen molar-refractivity contribution in [3.63, 3.8) is 0 Å². The van der Waals surface area contributed by atoms with Gasteiger partial charge in [0.05, 0.1) is 5.70 Å². The molecule has 5 rings (SSSR count). The number of aldehydes is 1. The molecule has 0 saturated carbocycles. The number of thioether (sulfide) groups is 1. The average Bonchev–Trinajstić information content (AvgIpc) is 3.47. The van der Waals surface area contributed by atoms with E-state index in [9.17, 15) is 9.59 Å². The van der Waals surface area contributed by atoms with Crippen molar-refractivity contribution in [1.82, 2.24) is 20.0 Å². The quantitative estimate of drug-likeness (QED) is 0.421. The molecule has 2 fully saturated rings. The van der Waals surface area contributed by atoms with Gasteiger partial charge in [-0.2, -0.15) is 0 Å². The molecular formula is C33H44N4O3S. The topological polar surface area (TPSA) is 65.1 Å². The van der Waals surface area contributed by atoms with Gasteiger partial charge in [-0.05, 0) is 86.3 Å². The summed E-state index contributed by atoms with van der Waals surface area (Å²) in [5.74, 6) is 1.55. The van der Waals surface area contributed by atoms with E-state index in [1.54, 1.807) is 16.7 Å². The number of carbonyl (C=O) groups excluding carboxylic acids is 2. The van der Waals surface area contributed by atoms with Crippen LogP contribution in [0.1, 0.15) is 53.5 Å². The number of carbonyl (C=O) groups is 2. The van der Waals surface area contributed by atoms with E-state index in [1.165, 1.54) is 16.7 Å². The highest BCUT2D eigenvalue weighted by Crippen LogP contribution is 2.37. The van der Waals surface area contributed by atoms with Gasteiger partial charge in [0.2, 0.25) is 5.91 Å². The lowest BCUT2D eigenvalue weighted by atomic mass is 9.95. The maximum Gasteiger partial charge on any atom is 0.225 e. The van der Waals surface area contributed by atoms with Gasteiger partial charge in [0.25, 0.3) is 0 Å². The summed E-state index contributed by atoms with van der Waals surface area (Å²) < 4.78 is 6.51. The Kier molecular flexibility index (Phi) is 9.73. The minimum absolute atomic E-state index is 0.162. The highest BCUT2D eigenvalue weighted by molar-refractivity contribution is 8.03. The van der Waals surface area contributed by atoms with Gasteiger partial charge in [-0.25, -0.2) is 0 Å². The highest BCUT2D eigenvalue weighted by Gasteiger charge is 2.29. The number of hydrogen-bond donors (Lipinski definition) is 1. The molecule has 2 aromatic carbocycles. The lowest BCUT2D eigenvalue weighted by molar-refractivity contribution is -0.134. The fourth-order valence-corrected chi connectivity index (χ4v) is 7.17. The average molecular weight is 577 g/mol. The first-order chi connectivity index (χ1) is 19.8. The smallest absolute Gasteiger partial charge is 0.225 e. The molecule has 1 amide bonds. The Morgan fingerprint density at radius 1 is 1.05 bits per heavy atom. The maximum absolute atomic E-state index is 12.3. The van der Waals surface area contributed by atoms with E-state index in [2.05, 4.69) is 70.8 Å². The standard InChI is InChI=1S/C33H44N4O3S/c1-23-6-5-7-29(30-22-41-33(34-30)37-16-10-25(20-38)11-17-37)31(23)40-21-28-9-8-26(18-24(28)2)19-36-14-12-27(13-15-36)32(39)35(3)4/h5-9,18,20,22,25,27,33-34H,10-17,19,21H2,1-4H3. The molecule has 8 heteroatoms. The molecule has 41 heavy (non-hydrogen) atoms. The van der Waals surface area contributed by atoms with Crippen molar-refractivity contribution in [2.75, 3.05) is 40.3 Å². The second-order valence-corrected chi connectivity index (χ2v) is 12.9. The molecule has 0 radical (unpaired) electrons. The minimum atomic E-state index is 0.162. The second-order valence-electron chi connectivity index (χ2n) is 12.0. The normalized spacial score (nSPS) is 20.9. The Bertz CT molecular complexity index is 1260. The van der Waals surface area contributed by atoms with E-state index in [0.29, 0.717) is 6.61 Å². The predicted octanol–water partition coefficient (Wildman–Crippen LogP) is 5.01. The number of rotatable bonds is 9. The fourth-order valence-electron chi connectivity index (χ4n) is 6.13. The Morgan fingerprint density at radius 2 is 1.80 bits per heavy atom. The molecule has 3 aliphatic heterocycles. The zero-order chi connectivity index (χ0) is 28.9. The van der Waals surface area contributed by atoms with E-state index < -0.39 is 0 Å². The van der Waals surface area contributed by atoms with E-state index in [4.69, 9.17) is 4.74 Å². The van der Waals surface area contributed by atoms with Gasteiger partial charge in [-0.3, -0.25) is 14.6 Å². The number of nitrogens with one attached hydrogen (secondary N) is 1. The molecule has 3 heterocycles. The number of para-hydroxylation sites is 1. The van der Waals surface area contributed by atoms with Gasteiger partial charge in [0.15, 0.2) is 0 Å². The van der Waals surface area contributed by atoms with E-state index >= 15 is 0 Å². The van der Waals surface area contributed by atoms with E-state index in [-0.39, 0.29) is 23.2 Å². The van der Waals surface area contributed by atoms with Gasteiger partial charge in [-0.15, -0.1) is 0 Å². The summed E-state index contributed by atoms with van der Waals surface area (Å²) in [5.41, 5.74) is 7.24. The van der Waals surface area contributed by atoms with Crippen molar-refractivity contribution in [3.8, 4) is 5.75 Å². The van der Waals surface area contributed by atoms with Gasteiger partial charge < -0.3 is 19.7 Å². The molecule has 0 aromatic heterocycles. The molecule has 2 aromatic rings. The van der Waals surface area contributed by atoms with Crippen LogP contribution in [-0.2, 0) is 22.7 Å². The van der Waals surface area contributed by atoms with Crippen molar-refractivity contribution in [3.05, 3.63) is 69.6 Å². The number of nitrogens with zero attached hydrogens (tertiary/aromatic N) is 3. The lowest BCUT2D eigenvalue weighted by Crippen LogP contribution is -2.45. The van der Waals surface area contributed by atoms with Crippen LogP contribution in [0.25, 0.3) is 5.70 Å². The van der Waals surface area contributed by atoms with Crippen molar-refractivity contribution in [2.24, 2.45) is 11.8 Å². The lowest BCUT2D eigenvalue weighted by Gasteiger charge is -2.34. The molecular weight excluding hydrogens is 532 g/mol. The molecule has 1 unspecified atom stereocenters. The molecule has 1 atom stereocenters. The van der Waals surface area contributed by atoms with Crippen LogP contribution in [0, 0.1) is 25.7 Å². The first kappa shape index (κ1) is 29.7. The van der Waals surface area contributed by atoms with Gasteiger partial charge in [0, 0.05) is 51.1 Å². The molecule has 2 saturated heterocycles. The number of amides is 1. The second kappa shape index (κ2) is 13.4. The number of likely N-dealkylation sites (tertiary alicyclic amines) is 2. The molecule has 3 aliphatic rings. The van der Waals surface area contributed by atoms with Crippen LogP contribution in [0.4, 0.5) is 0 Å². The number of aryl methyl sites for hydroxylation is 2. The summed E-state index contributed by atoms with van der Waals surface area (Å²) in [6.45, 7) is 9.51. The van der Waals surface area contributed by atoms with E-state index in [0.717, 1.165) is 87.3 Å². The van der Waals surface area contributed by atoms with Crippen LogP contribution in [-0.4, -0.2) is 72.7 Å². The minimum Gasteiger partial charge on any atom is -0.488 e. The zero-order valence-electron chi connectivity index (χ0n) is 24.9. The Morgan fingerprint density at radius 3 is 2.49 bits per heavy atom. The van der Waals surface area contributed by atoms with Crippen molar-refractivity contribution in [1.29, 1.82) is 0 Å². The van der Waals surface area contributed by atoms with Crippen molar-refractivity contribution >= 4 is 29.7 Å². The summed E-state index contributed by atoms with van der Waals surface area (Å²) in [5, 5.41) is 5.91. The summed E-state index contributed by atoms with van der Waals surface area (Å²) >= 11 is 1.80. The summed E-state index contributed by atoms with van der Waals surface area (Å²) in [6, 6.07) is 13.0. The van der Waals surface area contributed by atoms with E-state index in [1.807, 2.05) is 14.1 Å². The highest BCUT2D eigenvalue weighted by atomic mass is 32.2. The SMILES string of the molecule is Cc1cc(CN2CCC(C(=O)N(C)C)CC2)ccc1COc1c(C)cccc1C1=CSC(N2CCC(C=O)CC2)N1. The first-order valence-electron chi connectivity index (χ1n) is 14.9. The third kappa shape index (κ3) is 7.16. The maximum atomic E-state index is 12.3. The Balaban J connectivity index is 1.17. The van der Waals surface area contributed by atoms with Crippen LogP contribution >= 0.6 is 11.8 Å². The Labute approximate surface area is 249 Å². The van der Waals surface area contributed by atoms with Crippen molar-refractivity contribution in [2.45, 2.75) is 58.2 Å². The van der Waals surface area contributed by atoms with Gasteiger partial charge in [-0.1, -0.05) is 42.1 Å². The summed E-state index contributed by atoms with van der Waals surface area (Å²) in [4.78, 5) is 30.1. The summed E-state index contributed by atoms with van der Waals surface area (Å²) in [7, 11) is 3.70. The zero-order valence-corrected chi connectivity index (χ0v) is 25.7. The van der Waals surface area contributed by atoms with Crippen LogP contribution in [0.15, 0.2) is 41.8 Å². The van der Waals surface area contributed by atoms with Crippen LogP contribution < -0.4 is 10.1 Å². The molecule has 7 nitrogen and oxygen atoms in total. The molecule has 220 valence electrons. The first-order valence-corrected chi connectivity index (χ1v) is 15.8. The van der Waals surface area contributed by atoms with Crippen LogP contribution in [0.5, 0.6) is 5.75 Å². The van der Waals surface area contributed by atoms with Crippen LogP contribution in [0.3, 0.4) is 0 Å². The monoisotopic (exact) mass is 576 g/mol. The third-order valence-corrected chi connectivity index (χ3v) is 9.80. The Hall–Kier alpha value is -2.81. The largest absolute Gasteiger partial charge is 0.488 e. The molecule has 0 aliphatic carbocycles. The molecule has 0 bridgehead atoms. The summed E-state index contributed by atoms with van der Waals surface area (Å²) in [6.07, 6.45) is 4.85. The predicted molar refractivity (Wildman–Crippen MR) is 166 cm³/mol. The van der Waals surface area contributed by atoms with Gasteiger partial charge >= 0.3 is 0 Å². The van der Waals surface area contributed by atoms with Crippen LogP contribution in [0.2, 0.25) is 0 Å². The van der Waals surface area contributed by atoms with Crippen molar-refractivity contribution < 1.29 is 14.3 Å². The van der Waals surface area contributed by atoms with Gasteiger partial charge in [0.1, 0.15) is 24.1 Å². The fraction of sp³-hybridized carbons (Fsp3) is 0.515. The number of ether oxygens (including phenoxy) is 1. The molecule has 0 spiro atoms. The number of piperidine rings is 2. The number of benzene rings is 2.